The highest BCUT2D eigenvalue weighted by Gasteiger charge is 2.48. The van der Waals surface area contributed by atoms with Crippen molar-refractivity contribution in [1.82, 2.24) is 0 Å². The van der Waals surface area contributed by atoms with Gasteiger partial charge in [0.15, 0.2) is 0 Å². The summed E-state index contributed by atoms with van der Waals surface area (Å²) in [5.74, 6) is -8.13. The lowest BCUT2D eigenvalue weighted by atomic mass is 10.0. The fraction of sp³-hybridized carbons (Fsp3) is 0.750. The molecule has 82 valence electrons. The second-order valence-corrected chi connectivity index (χ2v) is 3.14. The molecule has 0 bridgehead atoms. The van der Waals surface area contributed by atoms with E-state index in [1.165, 1.54) is 13.8 Å². The summed E-state index contributed by atoms with van der Waals surface area (Å²) in [6.45, 7) is 2.80. The molecule has 0 N–H and O–H groups in total. The van der Waals surface area contributed by atoms with Crippen LogP contribution in [-0.2, 0) is 9.59 Å². The van der Waals surface area contributed by atoms with Crippen molar-refractivity contribution in [2.24, 2.45) is 5.92 Å². The largest absolute Gasteiger partial charge is 0.364 e. The smallest absolute Gasteiger partial charge is 0.299 e. The summed E-state index contributed by atoms with van der Waals surface area (Å²) < 4.78 is 47.9. The molecule has 0 aliphatic rings. The second kappa shape index (κ2) is 4.52. The van der Waals surface area contributed by atoms with E-state index in [9.17, 15) is 27.2 Å². The van der Waals surface area contributed by atoms with E-state index in [1.807, 2.05) is 0 Å². The van der Waals surface area contributed by atoms with Gasteiger partial charge in [0.05, 0.1) is 6.42 Å². The van der Waals surface area contributed by atoms with Crippen LogP contribution >= 0.6 is 0 Å². The van der Waals surface area contributed by atoms with Crippen LogP contribution in [0.1, 0.15) is 20.3 Å². The third kappa shape index (κ3) is 3.08. The van der Waals surface area contributed by atoms with Crippen LogP contribution in [0, 0.1) is 5.92 Å². The monoisotopic (exact) mass is 214 g/mol. The molecule has 0 heterocycles. The molecule has 0 rings (SSSR count). The van der Waals surface area contributed by atoms with Crippen molar-refractivity contribution in [1.29, 1.82) is 0 Å². The van der Waals surface area contributed by atoms with Crippen LogP contribution in [0.2, 0.25) is 0 Å². The molecule has 0 unspecified atom stereocenters. The van der Waals surface area contributed by atoms with Crippen LogP contribution in [0.4, 0.5) is 17.6 Å². The summed E-state index contributed by atoms with van der Waals surface area (Å²) >= 11 is 0. The van der Waals surface area contributed by atoms with Gasteiger partial charge >= 0.3 is 12.3 Å². The van der Waals surface area contributed by atoms with Crippen molar-refractivity contribution >= 4 is 11.6 Å². The summed E-state index contributed by atoms with van der Waals surface area (Å²) in [6, 6.07) is 0. The average molecular weight is 214 g/mol. The first-order chi connectivity index (χ1) is 6.19. The molecule has 0 aromatic rings. The van der Waals surface area contributed by atoms with Gasteiger partial charge in [0.1, 0.15) is 5.78 Å². The highest BCUT2D eigenvalue weighted by atomic mass is 19.3. The molecule has 2 nitrogen and oxygen atoms in total. The molecule has 14 heavy (non-hydrogen) atoms. The van der Waals surface area contributed by atoms with E-state index in [1.54, 1.807) is 0 Å². The average Bonchev–Trinajstić information content (AvgIpc) is 2.03. The predicted octanol–water partition coefficient (Wildman–Crippen LogP) is 2.07. The Labute approximate surface area is 78.3 Å². The standard InChI is InChI=1S/C8H10F4O2/c1-4(2)5(13)3-6(14)8(11,12)7(9)10/h4,7H,3H2,1-2H3. The zero-order valence-electron chi connectivity index (χ0n) is 7.69. The van der Waals surface area contributed by atoms with Gasteiger partial charge in [-0.05, 0) is 0 Å². The number of carbonyl (C=O) groups is 2. The van der Waals surface area contributed by atoms with Gasteiger partial charge in [-0.3, -0.25) is 9.59 Å². The van der Waals surface area contributed by atoms with Crippen molar-refractivity contribution < 1.29 is 27.2 Å². The number of hydrogen-bond acceptors (Lipinski definition) is 2. The molecule has 0 aromatic heterocycles. The van der Waals surface area contributed by atoms with Crippen molar-refractivity contribution in [3.8, 4) is 0 Å². The maximum atomic E-state index is 12.3. The Morgan fingerprint density at radius 3 is 1.93 bits per heavy atom. The predicted molar refractivity (Wildman–Crippen MR) is 40.4 cm³/mol. The maximum Gasteiger partial charge on any atom is 0.364 e. The lowest BCUT2D eigenvalue weighted by molar-refractivity contribution is -0.168. The SMILES string of the molecule is CC(C)C(=O)CC(=O)C(F)(F)C(F)F. The molecule has 0 fully saturated rings. The number of carbonyl (C=O) groups excluding carboxylic acids is 2. The third-order valence-corrected chi connectivity index (χ3v) is 1.62. The van der Waals surface area contributed by atoms with Crippen LogP contribution < -0.4 is 0 Å². The Kier molecular flexibility index (Phi) is 4.22. The highest BCUT2D eigenvalue weighted by Crippen LogP contribution is 2.25. The maximum absolute atomic E-state index is 12.3. The molecule has 0 radical (unpaired) electrons. The van der Waals surface area contributed by atoms with E-state index < -0.39 is 36.3 Å². The fourth-order valence-corrected chi connectivity index (χ4v) is 0.602. The summed E-state index contributed by atoms with van der Waals surface area (Å²) in [5, 5.41) is 0. The minimum absolute atomic E-state index is 0.618. The Hall–Kier alpha value is -0.940. The first-order valence-corrected chi connectivity index (χ1v) is 3.91. The first kappa shape index (κ1) is 13.1. The Morgan fingerprint density at radius 2 is 1.64 bits per heavy atom. The van der Waals surface area contributed by atoms with Gasteiger partial charge < -0.3 is 0 Å². The summed E-state index contributed by atoms with van der Waals surface area (Å²) in [4.78, 5) is 21.4. The normalized spacial score (nSPS) is 12.3. The van der Waals surface area contributed by atoms with E-state index in [0.29, 0.717) is 0 Å². The number of Topliss-reactive ketones (excluding diaryl/α,β-unsaturated/α-hetero) is 2. The summed E-state index contributed by atoms with van der Waals surface area (Å²) in [5.41, 5.74) is 0. The van der Waals surface area contributed by atoms with Gasteiger partial charge in [0, 0.05) is 5.92 Å². The van der Waals surface area contributed by atoms with Crippen molar-refractivity contribution in [2.45, 2.75) is 32.6 Å². The van der Waals surface area contributed by atoms with Crippen LogP contribution in [-0.4, -0.2) is 23.9 Å². The van der Waals surface area contributed by atoms with E-state index >= 15 is 0 Å². The first-order valence-electron chi connectivity index (χ1n) is 3.91. The van der Waals surface area contributed by atoms with Gasteiger partial charge in [-0.15, -0.1) is 0 Å². The van der Waals surface area contributed by atoms with Crippen LogP contribution in [0.15, 0.2) is 0 Å². The minimum atomic E-state index is -4.72. The topological polar surface area (TPSA) is 34.1 Å². The molecule has 0 saturated heterocycles. The molecule has 6 heteroatoms. The van der Waals surface area contributed by atoms with Crippen LogP contribution in [0.5, 0.6) is 0 Å². The highest BCUT2D eigenvalue weighted by molar-refractivity contribution is 6.03. The van der Waals surface area contributed by atoms with E-state index in [4.69, 9.17) is 0 Å². The number of halogens is 4. The molecule has 0 spiro atoms. The molecule has 0 aliphatic heterocycles. The number of alkyl halides is 4. The van der Waals surface area contributed by atoms with Crippen LogP contribution in [0.3, 0.4) is 0 Å². The lowest BCUT2D eigenvalue weighted by Gasteiger charge is -2.13. The third-order valence-electron chi connectivity index (χ3n) is 1.62. The van der Waals surface area contributed by atoms with Crippen molar-refractivity contribution in [3.63, 3.8) is 0 Å². The molecule has 0 aliphatic carbocycles. The number of ketones is 2. The van der Waals surface area contributed by atoms with Gasteiger partial charge in [0.25, 0.3) is 0 Å². The van der Waals surface area contributed by atoms with Crippen molar-refractivity contribution in [2.75, 3.05) is 0 Å². The molecule has 0 saturated carbocycles. The van der Waals surface area contributed by atoms with E-state index in [2.05, 4.69) is 0 Å². The Bertz CT molecular complexity index is 235. The molecule has 0 atom stereocenters. The van der Waals surface area contributed by atoms with Gasteiger partial charge in [-0.25, -0.2) is 8.78 Å². The van der Waals surface area contributed by atoms with Gasteiger partial charge in [-0.2, -0.15) is 8.78 Å². The second-order valence-electron chi connectivity index (χ2n) is 3.14. The Morgan fingerprint density at radius 1 is 1.21 bits per heavy atom. The fourth-order valence-electron chi connectivity index (χ4n) is 0.602. The molecule has 0 amide bonds. The van der Waals surface area contributed by atoms with Crippen molar-refractivity contribution in [3.05, 3.63) is 0 Å². The van der Waals surface area contributed by atoms with E-state index in [0.717, 1.165) is 0 Å². The minimum Gasteiger partial charge on any atom is -0.299 e. The van der Waals surface area contributed by atoms with E-state index in [-0.39, 0.29) is 0 Å². The zero-order valence-corrected chi connectivity index (χ0v) is 7.69. The quantitative estimate of drug-likeness (QED) is 0.518. The van der Waals surface area contributed by atoms with Gasteiger partial charge in [0.2, 0.25) is 5.78 Å². The molecule has 0 aromatic carbocycles. The number of rotatable bonds is 5. The zero-order chi connectivity index (χ0) is 11.5. The van der Waals surface area contributed by atoms with Gasteiger partial charge in [-0.1, -0.05) is 13.8 Å². The lowest BCUT2D eigenvalue weighted by Crippen LogP contribution is -2.38. The summed E-state index contributed by atoms with van der Waals surface area (Å²) in [6.07, 6.45) is -5.20. The molecular formula is C8H10F4O2. The summed E-state index contributed by atoms with van der Waals surface area (Å²) in [7, 11) is 0. The number of hydrogen-bond donors (Lipinski definition) is 0. The van der Waals surface area contributed by atoms with Crippen LogP contribution in [0.25, 0.3) is 0 Å². The molecular weight excluding hydrogens is 204 g/mol. The Balaban J connectivity index is 4.43.